The highest BCUT2D eigenvalue weighted by Gasteiger charge is 2.34. The maximum absolute atomic E-state index is 12.5. The van der Waals surface area contributed by atoms with Crippen molar-refractivity contribution in [2.45, 2.75) is 24.9 Å². The zero-order valence-corrected chi connectivity index (χ0v) is 8.82. The fraction of sp³-hybridized carbons (Fsp3) is 0.400. The topological polar surface area (TPSA) is 0 Å². The van der Waals surface area contributed by atoms with Crippen molar-refractivity contribution in [1.82, 2.24) is 0 Å². The van der Waals surface area contributed by atoms with E-state index in [0.29, 0.717) is 5.92 Å². The molecule has 2 rings (SSSR count). The molecule has 0 unspecified atom stereocenters. The minimum Gasteiger partial charge on any atom is -0.166 e. The molecular weight excluding hydrogens is 257 g/mol. The lowest BCUT2D eigenvalue weighted by molar-refractivity contribution is -0.138. The van der Waals surface area contributed by atoms with Gasteiger partial charge in [-0.3, -0.25) is 0 Å². The van der Waals surface area contributed by atoms with Gasteiger partial charge in [0.25, 0.3) is 0 Å². The number of benzene rings is 1. The summed E-state index contributed by atoms with van der Waals surface area (Å²) in [5.74, 6) is 0.351. The molecule has 76 valence electrons. The van der Waals surface area contributed by atoms with E-state index >= 15 is 0 Å². The molecule has 0 spiro atoms. The van der Waals surface area contributed by atoms with Crippen molar-refractivity contribution in [3.05, 3.63) is 33.8 Å². The van der Waals surface area contributed by atoms with Crippen LogP contribution in [0.3, 0.4) is 0 Å². The first-order chi connectivity index (χ1) is 6.48. The van der Waals surface area contributed by atoms with Crippen molar-refractivity contribution in [1.29, 1.82) is 0 Å². The summed E-state index contributed by atoms with van der Waals surface area (Å²) in [6.45, 7) is 0. The number of hydrogen-bond acceptors (Lipinski definition) is 0. The van der Waals surface area contributed by atoms with E-state index < -0.39 is 11.7 Å². The van der Waals surface area contributed by atoms with Gasteiger partial charge in [0.2, 0.25) is 0 Å². The average molecular weight is 265 g/mol. The van der Waals surface area contributed by atoms with Crippen LogP contribution in [0, 0.1) is 0 Å². The molecule has 14 heavy (non-hydrogen) atoms. The molecule has 0 amide bonds. The maximum Gasteiger partial charge on any atom is 0.417 e. The van der Waals surface area contributed by atoms with Crippen molar-refractivity contribution in [3.8, 4) is 0 Å². The number of alkyl halides is 3. The van der Waals surface area contributed by atoms with Crippen LogP contribution in [0.4, 0.5) is 13.2 Å². The second-order valence-corrected chi connectivity index (χ2v) is 4.37. The molecule has 0 N–H and O–H groups in total. The third-order valence-corrected chi connectivity index (χ3v) is 3.04. The van der Waals surface area contributed by atoms with E-state index in [0.717, 1.165) is 18.4 Å². The van der Waals surface area contributed by atoms with Crippen LogP contribution in [0.1, 0.15) is 29.9 Å². The SMILES string of the molecule is FC(F)(F)c1cc(C2CC2)ccc1Br. The van der Waals surface area contributed by atoms with Gasteiger partial charge in [-0.05, 0) is 36.5 Å². The van der Waals surface area contributed by atoms with Gasteiger partial charge in [-0.15, -0.1) is 0 Å². The van der Waals surface area contributed by atoms with Gasteiger partial charge in [0, 0.05) is 4.47 Å². The first kappa shape index (κ1) is 10.0. The molecule has 4 heteroatoms. The van der Waals surface area contributed by atoms with Crippen molar-refractivity contribution in [3.63, 3.8) is 0 Å². The van der Waals surface area contributed by atoms with Crippen LogP contribution in [0.2, 0.25) is 0 Å². The largest absolute Gasteiger partial charge is 0.417 e. The third kappa shape index (κ3) is 1.95. The predicted molar refractivity (Wildman–Crippen MR) is 51.1 cm³/mol. The lowest BCUT2D eigenvalue weighted by atomic mass is 10.1. The Bertz CT molecular complexity index is 353. The fourth-order valence-corrected chi connectivity index (χ4v) is 1.90. The van der Waals surface area contributed by atoms with Crippen molar-refractivity contribution >= 4 is 15.9 Å². The zero-order valence-electron chi connectivity index (χ0n) is 7.24. The minimum atomic E-state index is -4.26. The number of halogens is 4. The molecule has 0 aliphatic heterocycles. The van der Waals surface area contributed by atoms with Crippen LogP contribution in [0.25, 0.3) is 0 Å². The Morgan fingerprint density at radius 1 is 1.21 bits per heavy atom. The summed E-state index contributed by atoms with van der Waals surface area (Å²) in [7, 11) is 0. The van der Waals surface area contributed by atoms with Gasteiger partial charge < -0.3 is 0 Å². The van der Waals surface area contributed by atoms with E-state index in [1.165, 1.54) is 12.1 Å². The standard InChI is InChI=1S/C10H8BrF3/c11-9-4-3-7(6-1-2-6)5-8(9)10(12,13)14/h3-6H,1-2H2. The summed E-state index contributed by atoms with van der Waals surface area (Å²) in [6.07, 6.45) is -2.23. The maximum atomic E-state index is 12.5. The Labute approximate surface area is 88.2 Å². The molecule has 1 aliphatic rings. The predicted octanol–water partition coefficient (Wildman–Crippen LogP) is 4.35. The normalized spacial score (nSPS) is 17.1. The van der Waals surface area contributed by atoms with E-state index in [2.05, 4.69) is 15.9 Å². The molecule has 0 nitrogen and oxygen atoms in total. The number of hydrogen-bond donors (Lipinski definition) is 0. The Morgan fingerprint density at radius 3 is 2.36 bits per heavy atom. The second-order valence-electron chi connectivity index (χ2n) is 3.51. The summed E-state index contributed by atoms with van der Waals surface area (Å²) >= 11 is 2.92. The molecule has 1 aromatic carbocycles. The number of rotatable bonds is 1. The van der Waals surface area contributed by atoms with Crippen LogP contribution in [0.15, 0.2) is 22.7 Å². The lowest BCUT2D eigenvalue weighted by Crippen LogP contribution is -2.06. The highest BCUT2D eigenvalue weighted by Crippen LogP contribution is 2.43. The molecule has 0 radical (unpaired) electrons. The second kappa shape index (κ2) is 3.26. The van der Waals surface area contributed by atoms with Gasteiger partial charge in [-0.2, -0.15) is 13.2 Å². The summed E-state index contributed by atoms with van der Waals surface area (Å²) in [4.78, 5) is 0. The Hall–Kier alpha value is -0.510. The van der Waals surface area contributed by atoms with Crippen molar-refractivity contribution < 1.29 is 13.2 Å². The van der Waals surface area contributed by atoms with Gasteiger partial charge in [0.1, 0.15) is 0 Å². The molecule has 0 bridgehead atoms. The molecule has 1 fully saturated rings. The van der Waals surface area contributed by atoms with Crippen LogP contribution < -0.4 is 0 Å². The summed E-state index contributed by atoms with van der Waals surface area (Å²) in [6, 6.07) is 4.50. The first-order valence-electron chi connectivity index (χ1n) is 4.35. The van der Waals surface area contributed by atoms with Gasteiger partial charge in [0.15, 0.2) is 0 Å². The van der Waals surface area contributed by atoms with E-state index in [4.69, 9.17) is 0 Å². The van der Waals surface area contributed by atoms with E-state index in [1.807, 2.05) is 0 Å². The molecule has 0 heterocycles. The molecular formula is C10H8BrF3. The Kier molecular flexibility index (Phi) is 2.33. The smallest absolute Gasteiger partial charge is 0.166 e. The average Bonchev–Trinajstić information content (AvgIpc) is 2.85. The highest BCUT2D eigenvalue weighted by atomic mass is 79.9. The first-order valence-corrected chi connectivity index (χ1v) is 5.14. The summed E-state index contributed by atoms with van der Waals surface area (Å²) in [5, 5.41) is 0. The van der Waals surface area contributed by atoms with Gasteiger partial charge in [-0.25, -0.2) is 0 Å². The minimum absolute atomic E-state index is 0.120. The van der Waals surface area contributed by atoms with Crippen LogP contribution in [-0.4, -0.2) is 0 Å². The zero-order chi connectivity index (χ0) is 10.3. The molecule has 1 aromatic rings. The van der Waals surface area contributed by atoms with Crippen molar-refractivity contribution in [2.75, 3.05) is 0 Å². The summed E-state index contributed by atoms with van der Waals surface area (Å²) in [5.41, 5.74) is 0.238. The Balaban J connectivity index is 2.41. The molecule has 1 saturated carbocycles. The lowest BCUT2D eigenvalue weighted by Gasteiger charge is -2.10. The van der Waals surface area contributed by atoms with Crippen LogP contribution >= 0.6 is 15.9 Å². The Morgan fingerprint density at radius 2 is 1.86 bits per heavy atom. The van der Waals surface area contributed by atoms with Gasteiger partial charge in [0.05, 0.1) is 5.56 Å². The monoisotopic (exact) mass is 264 g/mol. The fourth-order valence-electron chi connectivity index (χ4n) is 1.43. The third-order valence-electron chi connectivity index (χ3n) is 2.34. The molecule has 0 aromatic heterocycles. The van der Waals surface area contributed by atoms with Gasteiger partial charge >= 0.3 is 6.18 Å². The van der Waals surface area contributed by atoms with Crippen LogP contribution in [-0.2, 0) is 6.18 Å². The highest BCUT2D eigenvalue weighted by molar-refractivity contribution is 9.10. The van der Waals surface area contributed by atoms with E-state index in [9.17, 15) is 13.2 Å². The van der Waals surface area contributed by atoms with E-state index in [-0.39, 0.29) is 4.47 Å². The van der Waals surface area contributed by atoms with Gasteiger partial charge in [-0.1, -0.05) is 22.0 Å². The molecule has 1 aliphatic carbocycles. The quantitative estimate of drug-likeness (QED) is 0.708. The van der Waals surface area contributed by atoms with Crippen molar-refractivity contribution in [2.24, 2.45) is 0 Å². The van der Waals surface area contributed by atoms with E-state index in [1.54, 1.807) is 6.07 Å². The van der Waals surface area contributed by atoms with Crippen LogP contribution in [0.5, 0.6) is 0 Å². The summed E-state index contributed by atoms with van der Waals surface area (Å²) < 4.78 is 37.6. The molecule has 0 atom stereocenters. The molecule has 0 saturated heterocycles.